The first-order chi connectivity index (χ1) is 7.95. The molecule has 4 heteroatoms. The minimum Gasteiger partial charge on any atom is -0.378 e. The number of ether oxygens (including phenoxy) is 1. The number of rotatable bonds is 6. The second-order valence-electron chi connectivity index (χ2n) is 4.28. The van der Waals surface area contributed by atoms with E-state index in [1.165, 1.54) is 37.0 Å². The summed E-state index contributed by atoms with van der Waals surface area (Å²) >= 11 is 1.71. The fraction of sp³-hybridized carbons (Fsp3) is 0.750. The van der Waals surface area contributed by atoms with Crippen LogP contribution in [-0.4, -0.2) is 24.2 Å². The summed E-state index contributed by atoms with van der Waals surface area (Å²) in [5.74, 6) is 0. The summed E-state index contributed by atoms with van der Waals surface area (Å²) in [6.07, 6.45) is 8.73. The number of hydrogen-bond acceptors (Lipinski definition) is 4. The highest BCUT2D eigenvalue weighted by atomic mass is 32.1. The van der Waals surface area contributed by atoms with Crippen molar-refractivity contribution in [1.29, 1.82) is 0 Å². The van der Waals surface area contributed by atoms with Crippen LogP contribution in [0.25, 0.3) is 0 Å². The highest BCUT2D eigenvalue weighted by molar-refractivity contribution is 7.09. The maximum atomic E-state index is 5.69. The predicted molar refractivity (Wildman–Crippen MR) is 66.6 cm³/mol. The zero-order chi connectivity index (χ0) is 11.1. The highest BCUT2D eigenvalue weighted by Gasteiger charge is 2.12. The minimum absolute atomic E-state index is 0.527. The summed E-state index contributed by atoms with van der Waals surface area (Å²) in [5, 5.41) is 3.44. The van der Waals surface area contributed by atoms with Gasteiger partial charge in [-0.25, -0.2) is 0 Å². The van der Waals surface area contributed by atoms with Gasteiger partial charge in [-0.3, -0.25) is 4.98 Å². The summed E-state index contributed by atoms with van der Waals surface area (Å²) < 4.78 is 5.69. The van der Waals surface area contributed by atoms with Crippen molar-refractivity contribution in [3.05, 3.63) is 16.6 Å². The van der Waals surface area contributed by atoms with E-state index in [4.69, 9.17) is 4.74 Å². The monoisotopic (exact) mass is 240 g/mol. The van der Waals surface area contributed by atoms with Gasteiger partial charge in [0.1, 0.15) is 0 Å². The van der Waals surface area contributed by atoms with Gasteiger partial charge in [-0.1, -0.05) is 0 Å². The number of aromatic nitrogens is 1. The standard InChI is InChI=1S/C12H20N2OS/c1-2-7-15-11(4-1)5-3-6-13-8-12-9-14-10-16-12/h9-11,13H,1-8H2. The van der Waals surface area contributed by atoms with Crippen LogP contribution in [0.1, 0.15) is 37.0 Å². The van der Waals surface area contributed by atoms with E-state index in [1.807, 2.05) is 11.7 Å². The smallest absolute Gasteiger partial charge is 0.0794 e. The van der Waals surface area contributed by atoms with E-state index in [2.05, 4.69) is 10.3 Å². The third kappa shape index (κ3) is 4.20. The van der Waals surface area contributed by atoms with Crippen LogP contribution in [0.2, 0.25) is 0 Å². The number of hydrogen-bond donors (Lipinski definition) is 1. The van der Waals surface area contributed by atoms with E-state index < -0.39 is 0 Å². The van der Waals surface area contributed by atoms with Gasteiger partial charge in [0.05, 0.1) is 11.6 Å². The topological polar surface area (TPSA) is 34.2 Å². The van der Waals surface area contributed by atoms with Crippen molar-refractivity contribution in [2.45, 2.75) is 44.8 Å². The van der Waals surface area contributed by atoms with E-state index in [9.17, 15) is 0 Å². The predicted octanol–water partition coefficient (Wildman–Crippen LogP) is 2.58. The van der Waals surface area contributed by atoms with Crippen LogP contribution in [0.3, 0.4) is 0 Å². The first kappa shape index (κ1) is 12.0. The van der Waals surface area contributed by atoms with Crippen molar-refractivity contribution in [1.82, 2.24) is 10.3 Å². The van der Waals surface area contributed by atoms with Gasteiger partial charge in [-0.2, -0.15) is 0 Å². The third-order valence-electron chi connectivity index (χ3n) is 2.94. The van der Waals surface area contributed by atoms with Gasteiger partial charge in [0, 0.05) is 24.2 Å². The second kappa shape index (κ2) is 6.99. The molecule has 90 valence electrons. The highest BCUT2D eigenvalue weighted by Crippen LogP contribution is 2.16. The summed E-state index contributed by atoms with van der Waals surface area (Å²) in [4.78, 5) is 5.37. The van der Waals surface area contributed by atoms with E-state index in [0.29, 0.717) is 6.10 Å². The number of nitrogens with zero attached hydrogens (tertiary/aromatic N) is 1. The summed E-state index contributed by atoms with van der Waals surface area (Å²) in [7, 11) is 0. The third-order valence-corrected chi connectivity index (χ3v) is 3.72. The molecule has 3 nitrogen and oxygen atoms in total. The van der Waals surface area contributed by atoms with Crippen LogP contribution in [-0.2, 0) is 11.3 Å². The molecule has 1 aliphatic rings. The Bertz CT molecular complexity index is 271. The Hall–Kier alpha value is -0.450. The molecule has 1 N–H and O–H groups in total. The van der Waals surface area contributed by atoms with Crippen molar-refractivity contribution in [2.24, 2.45) is 0 Å². The lowest BCUT2D eigenvalue weighted by Gasteiger charge is -2.22. The van der Waals surface area contributed by atoms with Gasteiger partial charge in [-0.15, -0.1) is 11.3 Å². The summed E-state index contributed by atoms with van der Waals surface area (Å²) in [6, 6.07) is 0. The van der Waals surface area contributed by atoms with Crippen LogP contribution in [0.5, 0.6) is 0 Å². The van der Waals surface area contributed by atoms with Gasteiger partial charge >= 0.3 is 0 Å². The van der Waals surface area contributed by atoms with Gasteiger partial charge in [0.25, 0.3) is 0 Å². The number of nitrogens with one attached hydrogen (secondary N) is 1. The molecular weight excluding hydrogens is 220 g/mol. The molecule has 2 rings (SSSR count). The molecule has 0 saturated carbocycles. The minimum atomic E-state index is 0.527. The molecule has 0 spiro atoms. The van der Waals surface area contributed by atoms with Crippen molar-refractivity contribution < 1.29 is 4.74 Å². The molecule has 0 radical (unpaired) electrons. The van der Waals surface area contributed by atoms with E-state index in [1.54, 1.807) is 11.3 Å². The van der Waals surface area contributed by atoms with Crippen molar-refractivity contribution in [3.63, 3.8) is 0 Å². The maximum Gasteiger partial charge on any atom is 0.0794 e. The van der Waals surface area contributed by atoms with Crippen LogP contribution in [0, 0.1) is 0 Å². The Labute approximate surface area is 101 Å². The average Bonchev–Trinajstić information content (AvgIpc) is 2.83. The molecule has 1 aromatic rings. The zero-order valence-corrected chi connectivity index (χ0v) is 10.5. The molecule has 0 amide bonds. The van der Waals surface area contributed by atoms with Crippen molar-refractivity contribution in [2.75, 3.05) is 13.2 Å². The lowest BCUT2D eigenvalue weighted by atomic mass is 10.0. The molecule has 0 aromatic carbocycles. The molecular formula is C12H20N2OS. The van der Waals surface area contributed by atoms with Crippen molar-refractivity contribution >= 4 is 11.3 Å². The summed E-state index contributed by atoms with van der Waals surface area (Å²) in [5.41, 5.74) is 1.88. The van der Waals surface area contributed by atoms with E-state index >= 15 is 0 Å². The molecule has 0 bridgehead atoms. The van der Waals surface area contributed by atoms with Crippen LogP contribution in [0.4, 0.5) is 0 Å². The van der Waals surface area contributed by atoms with Gasteiger partial charge in [0.15, 0.2) is 0 Å². The average molecular weight is 240 g/mol. The molecule has 16 heavy (non-hydrogen) atoms. The van der Waals surface area contributed by atoms with Crippen LogP contribution in [0.15, 0.2) is 11.7 Å². The fourth-order valence-corrected chi connectivity index (χ4v) is 2.60. The Kier molecular flexibility index (Phi) is 5.25. The normalized spacial score (nSPS) is 21.1. The zero-order valence-electron chi connectivity index (χ0n) is 9.65. The Morgan fingerprint density at radius 2 is 2.50 bits per heavy atom. The van der Waals surface area contributed by atoms with Crippen LogP contribution < -0.4 is 5.32 Å². The first-order valence-corrected chi connectivity index (χ1v) is 7.03. The quantitative estimate of drug-likeness (QED) is 0.776. The SMILES string of the molecule is c1ncc(CNCCCC2CCCCO2)s1. The molecule has 1 aromatic heterocycles. The van der Waals surface area contributed by atoms with Gasteiger partial charge < -0.3 is 10.1 Å². The van der Waals surface area contributed by atoms with Gasteiger partial charge in [-0.05, 0) is 38.6 Å². The first-order valence-electron chi connectivity index (χ1n) is 6.15. The van der Waals surface area contributed by atoms with E-state index in [0.717, 1.165) is 19.7 Å². The molecule has 2 heterocycles. The van der Waals surface area contributed by atoms with Crippen molar-refractivity contribution in [3.8, 4) is 0 Å². The Morgan fingerprint density at radius 1 is 1.50 bits per heavy atom. The molecule has 0 aliphatic carbocycles. The second-order valence-corrected chi connectivity index (χ2v) is 5.25. The Balaban J connectivity index is 1.48. The van der Waals surface area contributed by atoms with E-state index in [-0.39, 0.29) is 0 Å². The molecule has 1 unspecified atom stereocenters. The molecule has 1 saturated heterocycles. The maximum absolute atomic E-state index is 5.69. The molecule has 1 atom stereocenters. The Morgan fingerprint density at radius 3 is 3.25 bits per heavy atom. The number of thiazole rings is 1. The largest absolute Gasteiger partial charge is 0.378 e. The lowest BCUT2D eigenvalue weighted by molar-refractivity contribution is 0.0102. The molecule has 1 aliphatic heterocycles. The van der Waals surface area contributed by atoms with Gasteiger partial charge in [0.2, 0.25) is 0 Å². The summed E-state index contributed by atoms with van der Waals surface area (Å²) in [6.45, 7) is 3.01. The lowest BCUT2D eigenvalue weighted by Crippen LogP contribution is -2.21. The van der Waals surface area contributed by atoms with Crippen LogP contribution >= 0.6 is 11.3 Å². The molecule has 1 fully saturated rings. The fourth-order valence-electron chi connectivity index (χ4n) is 2.03.